The lowest BCUT2D eigenvalue weighted by Gasteiger charge is -2.27. The smallest absolute Gasteiger partial charge is 0.243 e. The molecule has 0 bridgehead atoms. The minimum absolute atomic E-state index is 0.129. The lowest BCUT2D eigenvalue weighted by atomic mass is 9.79. The minimum Gasteiger partial charge on any atom is -0.344 e. The van der Waals surface area contributed by atoms with Crippen molar-refractivity contribution in [3.05, 3.63) is 95.7 Å². The van der Waals surface area contributed by atoms with Crippen LogP contribution in [0.2, 0.25) is 0 Å². The summed E-state index contributed by atoms with van der Waals surface area (Å²) in [5, 5.41) is 2.43. The molecule has 2 aliphatic heterocycles. The summed E-state index contributed by atoms with van der Waals surface area (Å²) in [6.45, 7) is 12.6. The highest BCUT2D eigenvalue weighted by molar-refractivity contribution is 6.08. The van der Waals surface area contributed by atoms with E-state index in [1.54, 1.807) is 0 Å². The molecule has 3 aromatic rings. The molecule has 2 aliphatic rings. The summed E-state index contributed by atoms with van der Waals surface area (Å²) in [7, 11) is 0. The molecule has 0 fully saturated rings. The van der Waals surface area contributed by atoms with Crippen molar-refractivity contribution < 1.29 is 4.58 Å². The number of nitrogens with zero attached hydrogens (tertiary/aromatic N) is 2. The third-order valence-electron chi connectivity index (χ3n) is 11.6. The second kappa shape index (κ2) is 25.8. The Morgan fingerprint density at radius 3 is 1.60 bits per heavy atom. The monoisotopic (exact) mass is 839 g/mol. The molecule has 5 rings (SSSR count). The number of unbranched alkanes of at least 4 members (excludes halogenated alkanes) is 11. The van der Waals surface area contributed by atoms with Crippen molar-refractivity contribution in [2.75, 3.05) is 11.4 Å². The molecule has 65 heavy (non-hydrogen) atoms. The van der Waals surface area contributed by atoms with Crippen LogP contribution in [0.15, 0.2) is 84.6 Å². The molecule has 3 aromatic carbocycles. The van der Waals surface area contributed by atoms with Gasteiger partial charge in [0.1, 0.15) is 0 Å². The number of fused-ring (bicyclic) bond motifs is 4. The van der Waals surface area contributed by atoms with Crippen molar-refractivity contribution in [1.82, 2.24) is 0 Å². The van der Waals surface area contributed by atoms with Crippen molar-refractivity contribution >= 4 is 27.9 Å². The molecule has 0 atom stereocenters. The summed E-state index contributed by atoms with van der Waals surface area (Å²) in [5.41, 5.74) is 6.97. The second-order valence-electron chi connectivity index (χ2n) is 16.8. The molecule has 0 N–H and O–H groups in total. The normalized spacial score (nSPS) is 13.3. The number of anilines is 1. The largest absolute Gasteiger partial charge is 0.344 e. The zero-order valence-electron chi connectivity index (χ0n) is 38.7. The quantitative estimate of drug-likeness (QED) is 0.0839. The van der Waals surface area contributed by atoms with Gasteiger partial charge in [-0.3, -0.25) is 0 Å². The van der Waals surface area contributed by atoms with E-state index in [0.29, 0.717) is 0 Å². The molecule has 0 radical (unpaired) electrons. The van der Waals surface area contributed by atoms with Gasteiger partial charge < -0.3 is 4.90 Å². The van der Waals surface area contributed by atoms with Gasteiger partial charge in [-0.15, -0.1) is 11.0 Å². The third-order valence-corrected chi connectivity index (χ3v) is 11.6. The molecule has 0 unspecified atom stereocenters. The van der Waals surface area contributed by atoms with Gasteiger partial charge in [0.25, 0.3) is 0 Å². The summed E-state index contributed by atoms with van der Waals surface area (Å²) >= 11 is 0. The first-order valence-corrected chi connectivity index (χ1v) is 22.7. The minimum atomic E-state index is -0.328. The Kier molecular flexibility index (Phi) is 19.1. The molecule has 0 aliphatic carbocycles. The van der Waals surface area contributed by atoms with E-state index in [1.165, 1.54) is 110 Å². The van der Waals surface area contributed by atoms with E-state index in [9.17, 15) is 0 Å². The van der Waals surface area contributed by atoms with E-state index >= 15 is 0 Å². The average Bonchev–Trinajstić information content (AvgIpc) is 3.66. The number of terminal acetylenes is 1. The first-order chi connectivity index (χ1) is 31.8. The summed E-state index contributed by atoms with van der Waals surface area (Å²) in [6.07, 6.45) is 27.9. The van der Waals surface area contributed by atoms with Crippen LogP contribution in [0, 0.1) is 131 Å². The van der Waals surface area contributed by atoms with E-state index in [2.05, 4.69) is 247 Å². The highest BCUT2D eigenvalue weighted by Crippen LogP contribution is 2.48. The number of hydrogen-bond donors (Lipinski definition) is 0. The van der Waals surface area contributed by atoms with Crippen molar-refractivity contribution in [1.29, 1.82) is 0 Å². The Hall–Kier alpha value is -7.97. The van der Waals surface area contributed by atoms with Crippen molar-refractivity contribution in [2.45, 2.75) is 122 Å². The van der Waals surface area contributed by atoms with Crippen molar-refractivity contribution in [3.8, 4) is 131 Å². The number of rotatable bonds is 15. The van der Waals surface area contributed by atoms with E-state index in [1.807, 2.05) is 0 Å². The molecule has 316 valence electrons. The van der Waals surface area contributed by atoms with Crippen molar-refractivity contribution in [2.24, 2.45) is 0 Å². The zero-order valence-corrected chi connectivity index (χ0v) is 38.7. The van der Waals surface area contributed by atoms with Crippen molar-refractivity contribution in [3.63, 3.8) is 0 Å². The fourth-order valence-electron chi connectivity index (χ4n) is 8.42. The van der Waals surface area contributed by atoms with Crippen LogP contribution in [0.3, 0.4) is 0 Å². The number of benzene rings is 3. The van der Waals surface area contributed by atoms with Crippen LogP contribution < -0.4 is 4.90 Å². The van der Waals surface area contributed by atoms with Gasteiger partial charge in [0, 0.05) is 106 Å². The molecule has 0 amide bonds. The lowest BCUT2D eigenvalue weighted by Crippen LogP contribution is -2.27. The van der Waals surface area contributed by atoms with Crippen LogP contribution in [0.4, 0.5) is 11.4 Å². The number of para-hydroxylation sites is 1. The first kappa shape index (κ1) is 48.1. The van der Waals surface area contributed by atoms with Gasteiger partial charge in [-0.2, -0.15) is 0 Å². The van der Waals surface area contributed by atoms with E-state index < -0.39 is 0 Å². The molecular formula is C63H55N2+. The van der Waals surface area contributed by atoms with Gasteiger partial charge >= 0.3 is 0 Å². The lowest BCUT2D eigenvalue weighted by molar-refractivity contribution is -0.332. The Bertz CT molecular complexity index is 3050. The average molecular weight is 840 g/mol. The molecule has 0 spiro atoms. The van der Waals surface area contributed by atoms with Crippen LogP contribution in [-0.2, 0) is 10.8 Å². The predicted octanol–water partition coefficient (Wildman–Crippen LogP) is 11.8. The Morgan fingerprint density at radius 2 is 1.03 bits per heavy atom. The molecule has 2 heteroatoms. The second-order valence-corrected chi connectivity index (χ2v) is 16.8. The SMILES string of the molecule is C#CC#CC#CC#CC#CC#CC#CC#CC#CC#CC#C[N+]1=C(/C=C/C=C2/N(CCCCCCCCCCCCCC)c3ccccc3C2(C)C)C(C)(C)c2c1ccc1ccccc21. The first-order valence-electron chi connectivity index (χ1n) is 22.7. The third kappa shape index (κ3) is 13.8. The topological polar surface area (TPSA) is 6.25 Å². The van der Waals surface area contributed by atoms with Crippen LogP contribution in [0.25, 0.3) is 10.8 Å². The number of allylic oxidation sites excluding steroid dienone is 4. The number of hydrogen-bond acceptors (Lipinski definition) is 1. The van der Waals surface area contributed by atoms with Gasteiger partial charge in [0.15, 0.2) is 0 Å². The molecule has 0 saturated carbocycles. The fraction of sp³-hybridized carbons (Fsp3) is 0.317. The Labute approximate surface area is 391 Å². The van der Waals surface area contributed by atoms with Crippen LogP contribution in [0.5, 0.6) is 0 Å². The van der Waals surface area contributed by atoms with E-state index in [4.69, 9.17) is 6.42 Å². The van der Waals surface area contributed by atoms with Gasteiger partial charge in [0.2, 0.25) is 17.4 Å². The van der Waals surface area contributed by atoms with Gasteiger partial charge in [-0.1, -0.05) is 140 Å². The van der Waals surface area contributed by atoms with Gasteiger partial charge in [-0.05, 0) is 102 Å². The highest BCUT2D eigenvalue weighted by Gasteiger charge is 2.46. The standard InChI is InChI=1S/C63H55N2/c1-7-9-11-13-15-17-19-21-22-23-24-25-26-27-28-30-32-34-36-42-53-65-58-51-50-54-44-37-38-45-55(54)61(58)63(5,6)60(65)49-43-48-59-62(3,4)56-46-39-40-47-57(56)64(59)52-41-35-33-31-29-20-18-16-14-12-10-8-2/h1,37-40,43-51H,8,10,12,14,16,18,20,29,31,33,35,41,52H2,2-6H3/q+1. The molecule has 0 aromatic heterocycles. The van der Waals surface area contributed by atoms with Crippen LogP contribution in [-0.4, -0.2) is 16.8 Å². The summed E-state index contributed by atoms with van der Waals surface area (Å²) < 4.78 is 2.09. The predicted molar refractivity (Wildman–Crippen MR) is 274 cm³/mol. The maximum absolute atomic E-state index is 5.01. The maximum atomic E-state index is 5.01. The van der Waals surface area contributed by atoms with Crippen LogP contribution in [0.1, 0.15) is 123 Å². The zero-order chi connectivity index (χ0) is 46.0. The van der Waals surface area contributed by atoms with Crippen LogP contribution >= 0.6 is 0 Å². The Morgan fingerprint density at radius 1 is 0.538 bits per heavy atom. The van der Waals surface area contributed by atoms with Gasteiger partial charge in [0.05, 0.1) is 11.3 Å². The summed E-state index contributed by atoms with van der Waals surface area (Å²) in [6, 6.07) is 25.2. The Balaban J connectivity index is 1.31. The van der Waals surface area contributed by atoms with E-state index in [0.717, 1.165) is 17.9 Å². The summed E-state index contributed by atoms with van der Waals surface area (Å²) in [5.74, 6) is 52.1. The summed E-state index contributed by atoms with van der Waals surface area (Å²) in [4.78, 5) is 2.57. The van der Waals surface area contributed by atoms with E-state index in [-0.39, 0.29) is 10.8 Å². The maximum Gasteiger partial charge on any atom is 0.243 e. The highest BCUT2D eigenvalue weighted by atomic mass is 15.2. The molecule has 0 saturated heterocycles. The van der Waals surface area contributed by atoms with Gasteiger partial charge in [-0.25, -0.2) is 0 Å². The molecule has 2 nitrogen and oxygen atoms in total. The molecule has 2 heterocycles. The fourth-order valence-corrected chi connectivity index (χ4v) is 8.42. The molecular weight excluding hydrogens is 785 g/mol.